The molecule has 0 heterocycles. The molecule has 3 nitrogen and oxygen atoms in total. The van der Waals surface area contributed by atoms with E-state index in [4.69, 9.17) is 0 Å². The van der Waals surface area contributed by atoms with Crippen LogP contribution in [0.1, 0.15) is 26.3 Å². The molecule has 0 bridgehead atoms. The van der Waals surface area contributed by atoms with Crippen molar-refractivity contribution in [3.05, 3.63) is 168 Å². The maximum atomic E-state index is 13.8. The zero-order chi connectivity index (χ0) is 28.9. The number of allylic oxidation sites excluding steroid dienone is 1. The van der Waals surface area contributed by atoms with Crippen LogP contribution in [0.4, 0.5) is 17.1 Å². The molecule has 43 heavy (non-hydrogen) atoms. The minimum absolute atomic E-state index is 0.205. The summed E-state index contributed by atoms with van der Waals surface area (Å²) in [6.45, 7) is 0. The summed E-state index contributed by atoms with van der Waals surface area (Å²) in [6.07, 6.45) is 1.82. The van der Waals surface area contributed by atoms with Crippen molar-refractivity contribution in [2.45, 2.75) is 0 Å². The summed E-state index contributed by atoms with van der Waals surface area (Å²) in [5, 5.41) is 5.91. The van der Waals surface area contributed by atoms with Gasteiger partial charge in [-0.1, -0.05) is 109 Å². The van der Waals surface area contributed by atoms with Crippen molar-refractivity contribution in [1.29, 1.82) is 0 Å². The van der Waals surface area contributed by atoms with Gasteiger partial charge in [0, 0.05) is 33.3 Å². The van der Waals surface area contributed by atoms with E-state index in [2.05, 4.69) is 53.4 Å². The van der Waals surface area contributed by atoms with Crippen molar-refractivity contribution in [3.8, 4) is 0 Å². The number of fused-ring (bicyclic) bond motifs is 4. The lowest BCUT2D eigenvalue weighted by molar-refractivity contribution is 0.0990. The Morgan fingerprint density at radius 2 is 0.837 bits per heavy atom. The van der Waals surface area contributed by atoms with Crippen LogP contribution in [0.25, 0.3) is 38.4 Å². The highest BCUT2D eigenvalue weighted by atomic mass is 16.2. The van der Waals surface area contributed by atoms with E-state index < -0.39 is 0 Å². The first-order valence-electron chi connectivity index (χ1n) is 14.4. The molecular weight excluding hydrogens is 526 g/mol. The molecule has 7 aromatic carbocycles. The highest BCUT2D eigenvalue weighted by molar-refractivity contribution is 6.42. The molecule has 0 atom stereocenters. The van der Waals surface area contributed by atoms with Crippen LogP contribution in [-0.4, -0.2) is 11.6 Å². The second-order valence-electron chi connectivity index (χ2n) is 10.8. The topological polar surface area (TPSA) is 37.4 Å². The predicted octanol–water partition coefficient (Wildman–Crippen LogP) is 10.1. The molecule has 0 spiro atoms. The van der Waals surface area contributed by atoms with E-state index in [0.717, 1.165) is 54.9 Å². The van der Waals surface area contributed by atoms with Crippen LogP contribution in [0.15, 0.2) is 151 Å². The molecule has 0 N–H and O–H groups in total. The largest absolute Gasteiger partial charge is 0.309 e. The van der Waals surface area contributed by atoms with Gasteiger partial charge in [-0.05, 0) is 69.6 Å². The summed E-state index contributed by atoms with van der Waals surface area (Å²) in [5.74, 6) is -0.448. The first-order chi connectivity index (χ1) is 21.2. The summed E-state index contributed by atoms with van der Waals surface area (Å²) >= 11 is 0. The SMILES string of the molecule is O=C1C(=Cc2c3ccccc3c(N(c3ccccc3)c3ccccc3)c3ccccc23)C(=O)c2cc3ccccc3cc21. The number of hydrogen-bond donors (Lipinski definition) is 0. The van der Waals surface area contributed by atoms with E-state index in [0.29, 0.717) is 11.1 Å². The molecule has 0 amide bonds. The molecule has 0 saturated carbocycles. The van der Waals surface area contributed by atoms with Gasteiger partial charge in [0.15, 0.2) is 11.6 Å². The third-order valence-corrected chi connectivity index (χ3v) is 8.35. The molecule has 202 valence electrons. The van der Waals surface area contributed by atoms with Crippen molar-refractivity contribution < 1.29 is 9.59 Å². The van der Waals surface area contributed by atoms with Gasteiger partial charge in [0.25, 0.3) is 0 Å². The Balaban J connectivity index is 1.41. The quantitative estimate of drug-likeness (QED) is 0.124. The van der Waals surface area contributed by atoms with E-state index in [1.807, 2.05) is 103 Å². The molecule has 0 aromatic heterocycles. The minimum Gasteiger partial charge on any atom is -0.309 e. The van der Waals surface area contributed by atoms with Crippen LogP contribution >= 0.6 is 0 Å². The number of anilines is 3. The lowest BCUT2D eigenvalue weighted by Crippen LogP contribution is -2.11. The van der Waals surface area contributed by atoms with Gasteiger partial charge >= 0.3 is 0 Å². The van der Waals surface area contributed by atoms with Crippen LogP contribution in [-0.2, 0) is 0 Å². The van der Waals surface area contributed by atoms with Crippen molar-refractivity contribution in [3.63, 3.8) is 0 Å². The lowest BCUT2D eigenvalue weighted by atomic mass is 9.92. The molecule has 1 aliphatic carbocycles. The summed E-state index contributed by atoms with van der Waals surface area (Å²) in [7, 11) is 0. The second-order valence-corrected chi connectivity index (χ2v) is 10.8. The molecule has 8 rings (SSSR count). The standard InChI is InChI=1S/C40H25NO2/c42-39-35-23-26-13-7-8-14-27(26)24-36(35)40(43)37(39)25-34-30-19-9-11-21-32(30)38(33-22-12-10-20-31(33)34)41(28-15-3-1-4-16-28)29-17-5-2-6-18-29/h1-25H. The minimum atomic E-state index is -0.224. The van der Waals surface area contributed by atoms with Crippen molar-refractivity contribution in [2.75, 3.05) is 4.90 Å². The lowest BCUT2D eigenvalue weighted by Gasteiger charge is -2.29. The maximum absolute atomic E-state index is 13.8. The monoisotopic (exact) mass is 551 g/mol. The molecule has 7 aromatic rings. The Hall–Kier alpha value is -5.80. The van der Waals surface area contributed by atoms with E-state index in [9.17, 15) is 9.59 Å². The molecule has 0 unspecified atom stereocenters. The Bertz CT molecular complexity index is 2110. The number of Topliss-reactive ketones (excluding diaryl/α,β-unsaturated/α-hetero) is 2. The van der Waals surface area contributed by atoms with Crippen molar-refractivity contribution in [1.82, 2.24) is 0 Å². The van der Waals surface area contributed by atoms with Gasteiger partial charge in [-0.25, -0.2) is 0 Å². The highest BCUT2D eigenvalue weighted by Crippen LogP contribution is 2.46. The van der Waals surface area contributed by atoms with Gasteiger partial charge in [-0.2, -0.15) is 0 Å². The van der Waals surface area contributed by atoms with Crippen LogP contribution in [0, 0.1) is 0 Å². The Morgan fingerprint density at radius 3 is 1.30 bits per heavy atom. The fourth-order valence-corrected chi connectivity index (χ4v) is 6.38. The van der Waals surface area contributed by atoms with Gasteiger partial charge in [-0.15, -0.1) is 0 Å². The van der Waals surface area contributed by atoms with E-state index in [-0.39, 0.29) is 17.1 Å². The molecule has 0 radical (unpaired) electrons. The van der Waals surface area contributed by atoms with E-state index in [1.165, 1.54) is 0 Å². The van der Waals surface area contributed by atoms with Gasteiger partial charge in [0.2, 0.25) is 0 Å². The predicted molar refractivity (Wildman–Crippen MR) is 177 cm³/mol. The summed E-state index contributed by atoms with van der Waals surface area (Å²) in [4.78, 5) is 29.8. The first kappa shape index (κ1) is 25.0. The summed E-state index contributed by atoms with van der Waals surface area (Å²) in [6, 6.07) is 48.7. The van der Waals surface area contributed by atoms with Gasteiger partial charge < -0.3 is 4.90 Å². The zero-order valence-corrected chi connectivity index (χ0v) is 23.2. The third-order valence-electron chi connectivity index (χ3n) is 8.35. The molecule has 0 fully saturated rings. The molecule has 0 aliphatic heterocycles. The smallest absolute Gasteiger partial charge is 0.197 e. The van der Waals surface area contributed by atoms with Gasteiger partial charge in [0.1, 0.15) is 0 Å². The number of carbonyl (C=O) groups is 2. The van der Waals surface area contributed by atoms with Crippen LogP contribution < -0.4 is 4.90 Å². The molecular formula is C40H25NO2. The number of carbonyl (C=O) groups excluding carboxylic acids is 2. The first-order valence-corrected chi connectivity index (χ1v) is 14.4. The summed E-state index contributed by atoms with van der Waals surface area (Å²) in [5.41, 5.74) is 5.14. The highest BCUT2D eigenvalue weighted by Gasteiger charge is 2.34. The van der Waals surface area contributed by atoms with Crippen LogP contribution in [0.2, 0.25) is 0 Å². The zero-order valence-electron chi connectivity index (χ0n) is 23.2. The fourth-order valence-electron chi connectivity index (χ4n) is 6.38. The number of benzene rings is 7. The fraction of sp³-hybridized carbons (Fsp3) is 0. The molecule has 1 aliphatic rings. The van der Waals surface area contributed by atoms with Crippen molar-refractivity contribution >= 4 is 67.0 Å². The number of para-hydroxylation sites is 2. The third kappa shape index (κ3) is 3.98. The van der Waals surface area contributed by atoms with Gasteiger partial charge in [0.05, 0.1) is 11.3 Å². The van der Waals surface area contributed by atoms with E-state index >= 15 is 0 Å². The normalized spacial score (nSPS) is 12.7. The van der Waals surface area contributed by atoms with E-state index in [1.54, 1.807) is 0 Å². The Kier molecular flexibility index (Phi) is 5.76. The average Bonchev–Trinajstić information content (AvgIpc) is 3.29. The van der Waals surface area contributed by atoms with Crippen LogP contribution in [0.5, 0.6) is 0 Å². The Morgan fingerprint density at radius 1 is 0.442 bits per heavy atom. The van der Waals surface area contributed by atoms with Gasteiger partial charge in [-0.3, -0.25) is 9.59 Å². The Labute approximate surface area is 248 Å². The number of ketones is 2. The van der Waals surface area contributed by atoms with Crippen molar-refractivity contribution in [2.24, 2.45) is 0 Å². The molecule has 0 saturated heterocycles. The maximum Gasteiger partial charge on any atom is 0.197 e. The number of hydrogen-bond acceptors (Lipinski definition) is 3. The van der Waals surface area contributed by atoms with Crippen LogP contribution in [0.3, 0.4) is 0 Å². The average molecular weight is 552 g/mol. The molecule has 3 heteroatoms. The number of rotatable bonds is 4. The second kappa shape index (κ2) is 9.93. The summed E-state index contributed by atoms with van der Waals surface area (Å²) < 4.78 is 0. The number of nitrogens with zero attached hydrogens (tertiary/aromatic N) is 1.